The largest absolute Gasteiger partial charge is 0.344 e. The predicted molar refractivity (Wildman–Crippen MR) is 123 cm³/mol. The highest BCUT2D eigenvalue weighted by molar-refractivity contribution is 5.96. The molecule has 0 bridgehead atoms. The maximum atomic E-state index is 13.3. The van der Waals surface area contributed by atoms with Crippen LogP contribution in [0.2, 0.25) is 0 Å². The highest BCUT2D eigenvalue weighted by Crippen LogP contribution is 2.26. The van der Waals surface area contributed by atoms with Crippen molar-refractivity contribution in [3.63, 3.8) is 0 Å². The summed E-state index contributed by atoms with van der Waals surface area (Å²) >= 11 is 0. The van der Waals surface area contributed by atoms with Gasteiger partial charge in [0.05, 0.1) is 5.56 Å². The second-order valence-electron chi connectivity index (χ2n) is 9.45. The van der Waals surface area contributed by atoms with E-state index in [1.165, 1.54) is 12.0 Å². The van der Waals surface area contributed by atoms with Crippen molar-refractivity contribution >= 4 is 11.8 Å². The fourth-order valence-electron chi connectivity index (χ4n) is 5.17. The lowest BCUT2D eigenvalue weighted by atomic mass is 9.92. The van der Waals surface area contributed by atoms with E-state index in [0.29, 0.717) is 24.9 Å². The Balaban J connectivity index is 1.39. The van der Waals surface area contributed by atoms with E-state index in [9.17, 15) is 9.59 Å². The van der Waals surface area contributed by atoms with Crippen LogP contribution in [0.4, 0.5) is 0 Å². The van der Waals surface area contributed by atoms with Crippen LogP contribution in [0.3, 0.4) is 0 Å². The SMILES string of the molecule is Cc1cc(C(=O)N2CCC(C(=O)N3CCCC(C)C3)CC2)c(C)n1Cc1ccccc1. The number of amides is 2. The average molecular weight is 422 g/mol. The molecule has 31 heavy (non-hydrogen) atoms. The standard InChI is InChI=1S/C26H35N3O2/c1-19-8-7-13-28(17-19)25(30)23-11-14-27(15-12-23)26(31)24-16-20(2)29(21(24)3)18-22-9-5-4-6-10-22/h4-6,9-10,16,19,23H,7-8,11-15,17-18H2,1-3H3. The molecule has 4 rings (SSSR count). The second kappa shape index (κ2) is 9.29. The van der Waals surface area contributed by atoms with Gasteiger partial charge >= 0.3 is 0 Å². The molecule has 2 aliphatic rings. The minimum absolute atomic E-state index is 0.0693. The third kappa shape index (κ3) is 4.70. The van der Waals surface area contributed by atoms with Crippen molar-refractivity contribution in [1.82, 2.24) is 14.4 Å². The Labute approximate surface area is 186 Å². The summed E-state index contributed by atoms with van der Waals surface area (Å²) < 4.78 is 2.22. The summed E-state index contributed by atoms with van der Waals surface area (Å²) in [6, 6.07) is 12.4. The molecular weight excluding hydrogens is 386 g/mol. The first-order valence-electron chi connectivity index (χ1n) is 11.7. The third-order valence-electron chi connectivity index (χ3n) is 7.09. The number of hydrogen-bond acceptors (Lipinski definition) is 2. The van der Waals surface area contributed by atoms with Crippen molar-refractivity contribution in [2.24, 2.45) is 11.8 Å². The molecule has 0 radical (unpaired) electrons. The van der Waals surface area contributed by atoms with E-state index in [4.69, 9.17) is 0 Å². The molecule has 2 amide bonds. The number of nitrogens with zero attached hydrogens (tertiary/aromatic N) is 3. The summed E-state index contributed by atoms with van der Waals surface area (Å²) in [5, 5.41) is 0. The van der Waals surface area contributed by atoms with Gasteiger partial charge in [0, 0.05) is 50.0 Å². The van der Waals surface area contributed by atoms with E-state index in [1.807, 2.05) is 36.1 Å². The number of carbonyl (C=O) groups excluding carboxylic acids is 2. The lowest BCUT2D eigenvalue weighted by Gasteiger charge is -2.37. The summed E-state index contributed by atoms with van der Waals surface area (Å²) in [6.07, 6.45) is 3.89. The Morgan fingerprint density at radius 3 is 2.35 bits per heavy atom. The van der Waals surface area contributed by atoms with Gasteiger partial charge in [0.1, 0.15) is 0 Å². The van der Waals surface area contributed by atoms with Gasteiger partial charge in [0.2, 0.25) is 5.91 Å². The molecule has 0 N–H and O–H groups in total. The maximum Gasteiger partial charge on any atom is 0.255 e. The molecule has 0 spiro atoms. The van der Waals surface area contributed by atoms with Crippen LogP contribution in [0.15, 0.2) is 36.4 Å². The molecule has 0 aliphatic carbocycles. The van der Waals surface area contributed by atoms with Crippen molar-refractivity contribution in [1.29, 1.82) is 0 Å². The number of hydrogen-bond donors (Lipinski definition) is 0. The van der Waals surface area contributed by atoms with Crippen LogP contribution in [0.25, 0.3) is 0 Å². The van der Waals surface area contributed by atoms with E-state index >= 15 is 0 Å². The van der Waals surface area contributed by atoms with Gasteiger partial charge in [0.15, 0.2) is 0 Å². The van der Waals surface area contributed by atoms with Crippen LogP contribution in [0.1, 0.15) is 59.9 Å². The molecule has 1 aromatic heterocycles. The maximum absolute atomic E-state index is 13.3. The van der Waals surface area contributed by atoms with E-state index in [0.717, 1.165) is 55.8 Å². The van der Waals surface area contributed by atoms with E-state index < -0.39 is 0 Å². The van der Waals surface area contributed by atoms with E-state index in [2.05, 4.69) is 35.4 Å². The van der Waals surface area contributed by atoms with Crippen LogP contribution in [0.5, 0.6) is 0 Å². The summed E-state index contributed by atoms with van der Waals surface area (Å²) in [7, 11) is 0. The van der Waals surface area contributed by atoms with Gasteiger partial charge in [-0.3, -0.25) is 9.59 Å². The molecule has 5 nitrogen and oxygen atoms in total. The molecule has 0 saturated carbocycles. The number of benzene rings is 1. The van der Waals surface area contributed by atoms with E-state index in [-0.39, 0.29) is 11.8 Å². The van der Waals surface area contributed by atoms with Gasteiger partial charge in [-0.2, -0.15) is 0 Å². The quantitative estimate of drug-likeness (QED) is 0.740. The Kier molecular flexibility index (Phi) is 6.49. The van der Waals surface area contributed by atoms with Crippen molar-refractivity contribution in [2.75, 3.05) is 26.2 Å². The molecule has 1 unspecified atom stereocenters. The fourth-order valence-corrected chi connectivity index (χ4v) is 5.17. The normalized spacial score (nSPS) is 20.2. The van der Waals surface area contributed by atoms with Crippen molar-refractivity contribution in [3.05, 3.63) is 58.9 Å². The zero-order valence-corrected chi connectivity index (χ0v) is 19.1. The average Bonchev–Trinajstić information content (AvgIpc) is 3.07. The first kappa shape index (κ1) is 21.7. The summed E-state index contributed by atoms with van der Waals surface area (Å²) in [5.41, 5.74) is 4.15. The molecule has 2 fully saturated rings. The zero-order valence-electron chi connectivity index (χ0n) is 19.1. The predicted octanol–water partition coefficient (Wildman–Crippen LogP) is 4.26. The van der Waals surface area contributed by atoms with Crippen LogP contribution < -0.4 is 0 Å². The number of piperidine rings is 2. The van der Waals surface area contributed by atoms with Gasteiger partial charge < -0.3 is 14.4 Å². The molecule has 166 valence electrons. The Morgan fingerprint density at radius 1 is 0.968 bits per heavy atom. The smallest absolute Gasteiger partial charge is 0.255 e. The fraction of sp³-hybridized carbons (Fsp3) is 0.538. The van der Waals surface area contributed by atoms with Crippen LogP contribution in [-0.4, -0.2) is 52.4 Å². The van der Waals surface area contributed by atoms with Gasteiger partial charge in [-0.1, -0.05) is 37.3 Å². The molecule has 2 saturated heterocycles. The zero-order chi connectivity index (χ0) is 22.0. The highest BCUT2D eigenvalue weighted by Gasteiger charge is 2.32. The van der Waals surface area contributed by atoms with Crippen molar-refractivity contribution < 1.29 is 9.59 Å². The molecule has 1 aromatic carbocycles. The number of carbonyl (C=O) groups is 2. The minimum atomic E-state index is 0.0693. The number of rotatable bonds is 4. The van der Waals surface area contributed by atoms with Crippen molar-refractivity contribution in [3.8, 4) is 0 Å². The molecule has 3 heterocycles. The lowest BCUT2D eigenvalue weighted by Crippen LogP contribution is -2.47. The summed E-state index contributed by atoms with van der Waals surface area (Å²) in [4.78, 5) is 30.2. The number of aryl methyl sites for hydroxylation is 1. The monoisotopic (exact) mass is 421 g/mol. The van der Waals surface area contributed by atoms with Crippen LogP contribution in [0, 0.1) is 25.7 Å². The molecule has 1 atom stereocenters. The first-order chi connectivity index (χ1) is 14.9. The van der Waals surface area contributed by atoms with E-state index in [1.54, 1.807) is 0 Å². The second-order valence-corrected chi connectivity index (χ2v) is 9.45. The lowest BCUT2D eigenvalue weighted by molar-refractivity contribution is -0.138. The molecular formula is C26H35N3O2. The molecule has 2 aromatic rings. The third-order valence-corrected chi connectivity index (χ3v) is 7.09. The molecule has 5 heteroatoms. The number of aromatic nitrogens is 1. The van der Waals surface area contributed by atoms with Gasteiger partial charge in [0.25, 0.3) is 5.91 Å². The highest BCUT2D eigenvalue weighted by atomic mass is 16.2. The van der Waals surface area contributed by atoms with Crippen LogP contribution in [-0.2, 0) is 11.3 Å². The van der Waals surface area contributed by atoms with Crippen molar-refractivity contribution in [2.45, 2.75) is 53.0 Å². The molecule has 2 aliphatic heterocycles. The van der Waals surface area contributed by atoms with Gasteiger partial charge in [-0.15, -0.1) is 0 Å². The van der Waals surface area contributed by atoms with Crippen LogP contribution >= 0.6 is 0 Å². The van der Waals surface area contributed by atoms with Gasteiger partial charge in [-0.25, -0.2) is 0 Å². The number of likely N-dealkylation sites (tertiary alicyclic amines) is 2. The Morgan fingerprint density at radius 2 is 1.68 bits per heavy atom. The topological polar surface area (TPSA) is 45.6 Å². The Bertz CT molecular complexity index is 926. The summed E-state index contributed by atoms with van der Waals surface area (Å²) in [6.45, 7) is 10.2. The van der Waals surface area contributed by atoms with Gasteiger partial charge in [-0.05, 0) is 57.1 Å². The Hall–Kier alpha value is -2.56. The summed E-state index contributed by atoms with van der Waals surface area (Å²) in [5.74, 6) is 1.08. The first-order valence-corrected chi connectivity index (χ1v) is 11.7. The minimum Gasteiger partial charge on any atom is -0.344 e.